The van der Waals surface area contributed by atoms with Gasteiger partial charge in [0, 0.05) is 37.4 Å². The van der Waals surface area contributed by atoms with Crippen LogP contribution in [-0.2, 0) is 10.2 Å². The number of rotatable bonds is 5. The van der Waals surface area contributed by atoms with E-state index in [1.54, 1.807) is 12.1 Å². The van der Waals surface area contributed by atoms with Crippen LogP contribution >= 0.6 is 0 Å². The van der Waals surface area contributed by atoms with Gasteiger partial charge in [0.2, 0.25) is 5.82 Å². The Labute approximate surface area is 138 Å². The summed E-state index contributed by atoms with van der Waals surface area (Å²) in [5.74, 6) is -0.0373. The zero-order valence-corrected chi connectivity index (χ0v) is 13.1. The molecule has 24 heavy (non-hydrogen) atoms. The van der Waals surface area contributed by atoms with Crippen LogP contribution in [-0.4, -0.2) is 29.7 Å². The lowest BCUT2D eigenvalue weighted by Crippen LogP contribution is -2.40. The molecule has 1 aromatic carbocycles. The molecular formula is C17H18FN3O3. The van der Waals surface area contributed by atoms with Gasteiger partial charge in [0.05, 0.1) is 4.92 Å². The van der Waals surface area contributed by atoms with Gasteiger partial charge in [0.15, 0.2) is 0 Å². The van der Waals surface area contributed by atoms with E-state index in [2.05, 4.69) is 10.3 Å². The Hall–Kier alpha value is -2.54. The first-order valence-corrected chi connectivity index (χ1v) is 7.78. The van der Waals surface area contributed by atoms with E-state index < -0.39 is 4.92 Å². The fourth-order valence-electron chi connectivity index (χ4n) is 3.07. The maximum Gasteiger partial charge on any atom is 0.311 e. The van der Waals surface area contributed by atoms with Crippen LogP contribution in [0.4, 0.5) is 15.9 Å². The molecule has 1 N–H and O–H groups in total. The molecule has 1 fully saturated rings. The maximum atomic E-state index is 13.2. The monoisotopic (exact) mass is 331 g/mol. The average Bonchev–Trinajstić information content (AvgIpc) is 2.61. The Morgan fingerprint density at radius 3 is 2.62 bits per heavy atom. The molecule has 0 radical (unpaired) electrons. The van der Waals surface area contributed by atoms with Crippen LogP contribution in [0, 0.1) is 15.9 Å². The van der Waals surface area contributed by atoms with Gasteiger partial charge in [-0.3, -0.25) is 10.1 Å². The fraction of sp³-hybridized carbons (Fsp3) is 0.353. The molecular weight excluding hydrogens is 313 g/mol. The Bertz CT molecular complexity index is 715. The number of pyridine rings is 1. The number of benzene rings is 1. The molecule has 7 heteroatoms. The quantitative estimate of drug-likeness (QED) is 0.672. The molecule has 0 amide bonds. The third-order valence-electron chi connectivity index (χ3n) is 4.48. The summed E-state index contributed by atoms with van der Waals surface area (Å²) in [7, 11) is 0. The highest BCUT2D eigenvalue weighted by molar-refractivity contribution is 5.55. The summed E-state index contributed by atoms with van der Waals surface area (Å²) in [6.45, 7) is 1.67. The van der Waals surface area contributed by atoms with Gasteiger partial charge < -0.3 is 10.1 Å². The molecule has 2 aromatic rings. The molecule has 1 aliphatic rings. The van der Waals surface area contributed by atoms with E-state index in [0.717, 1.165) is 18.4 Å². The van der Waals surface area contributed by atoms with Gasteiger partial charge in [-0.2, -0.15) is 0 Å². The summed E-state index contributed by atoms with van der Waals surface area (Å²) in [5.41, 5.74) is 0.675. The normalized spacial score (nSPS) is 16.5. The number of halogens is 1. The predicted molar refractivity (Wildman–Crippen MR) is 87.5 cm³/mol. The van der Waals surface area contributed by atoms with Crippen molar-refractivity contribution in [2.75, 3.05) is 25.1 Å². The van der Waals surface area contributed by atoms with Gasteiger partial charge in [-0.05, 0) is 36.6 Å². The highest BCUT2D eigenvalue weighted by Crippen LogP contribution is 2.35. The van der Waals surface area contributed by atoms with E-state index in [9.17, 15) is 14.5 Å². The predicted octanol–water partition coefficient (Wildman–Crippen LogP) is 3.29. The Kier molecular flexibility index (Phi) is 4.71. The van der Waals surface area contributed by atoms with Gasteiger partial charge in [0.25, 0.3) is 0 Å². The van der Waals surface area contributed by atoms with Crippen LogP contribution in [0.1, 0.15) is 18.4 Å². The van der Waals surface area contributed by atoms with Crippen molar-refractivity contribution in [1.82, 2.24) is 4.98 Å². The van der Waals surface area contributed by atoms with E-state index in [-0.39, 0.29) is 22.7 Å². The van der Waals surface area contributed by atoms with Gasteiger partial charge in [0.1, 0.15) is 5.82 Å². The molecule has 126 valence electrons. The van der Waals surface area contributed by atoms with Gasteiger partial charge in [-0.25, -0.2) is 9.37 Å². The second-order valence-electron chi connectivity index (χ2n) is 5.88. The number of ether oxygens (including phenoxy) is 1. The van der Waals surface area contributed by atoms with E-state index >= 15 is 0 Å². The second-order valence-corrected chi connectivity index (χ2v) is 5.88. The van der Waals surface area contributed by atoms with Gasteiger partial charge >= 0.3 is 5.69 Å². The first-order chi connectivity index (χ1) is 11.6. The van der Waals surface area contributed by atoms with Crippen molar-refractivity contribution in [3.63, 3.8) is 0 Å². The molecule has 0 spiro atoms. The minimum Gasteiger partial charge on any atom is -0.381 e. The second kappa shape index (κ2) is 6.92. The number of nitrogens with zero attached hydrogens (tertiary/aromatic N) is 2. The molecule has 0 saturated carbocycles. The summed E-state index contributed by atoms with van der Waals surface area (Å²) in [4.78, 5) is 14.7. The minimum absolute atomic E-state index is 0.0567. The number of hydrogen-bond acceptors (Lipinski definition) is 5. The molecule has 0 atom stereocenters. The highest BCUT2D eigenvalue weighted by Gasteiger charge is 2.35. The van der Waals surface area contributed by atoms with Gasteiger partial charge in [-0.1, -0.05) is 12.1 Å². The van der Waals surface area contributed by atoms with Crippen LogP contribution < -0.4 is 5.32 Å². The Morgan fingerprint density at radius 1 is 1.25 bits per heavy atom. The van der Waals surface area contributed by atoms with Crippen LogP contribution in [0.5, 0.6) is 0 Å². The van der Waals surface area contributed by atoms with Crippen molar-refractivity contribution in [2.45, 2.75) is 18.3 Å². The lowest BCUT2D eigenvalue weighted by Gasteiger charge is -2.38. The van der Waals surface area contributed by atoms with E-state index in [1.807, 2.05) is 0 Å². The minimum atomic E-state index is -0.454. The van der Waals surface area contributed by atoms with Crippen molar-refractivity contribution in [3.05, 3.63) is 64.1 Å². The van der Waals surface area contributed by atoms with Crippen molar-refractivity contribution in [1.29, 1.82) is 0 Å². The molecule has 1 aliphatic heterocycles. The molecule has 0 unspecified atom stereocenters. The van der Waals surface area contributed by atoms with Crippen molar-refractivity contribution in [3.8, 4) is 0 Å². The summed E-state index contributed by atoms with van der Waals surface area (Å²) in [6.07, 6.45) is 3.03. The number of aromatic nitrogens is 1. The molecule has 2 heterocycles. The smallest absolute Gasteiger partial charge is 0.311 e. The van der Waals surface area contributed by atoms with Crippen molar-refractivity contribution in [2.24, 2.45) is 0 Å². The third kappa shape index (κ3) is 3.35. The maximum absolute atomic E-state index is 13.2. The first kappa shape index (κ1) is 16.3. The highest BCUT2D eigenvalue weighted by atomic mass is 19.1. The number of anilines is 1. The zero-order chi connectivity index (χ0) is 17.0. The Balaban J connectivity index is 1.86. The van der Waals surface area contributed by atoms with Crippen LogP contribution in [0.25, 0.3) is 0 Å². The SMILES string of the molecule is O=[N+]([O-])c1cccnc1NCC1(c2ccc(F)cc2)CCOCC1. The average molecular weight is 331 g/mol. The molecule has 6 nitrogen and oxygen atoms in total. The molecule has 1 aromatic heterocycles. The largest absolute Gasteiger partial charge is 0.381 e. The lowest BCUT2D eigenvalue weighted by molar-refractivity contribution is -0.384. The van der Waals surface area contributed by atoms with E-state index in [1.165, 1.54) is 30.5 Å². The number of nitrogens with one attached hydrogen (secondary N) is 1. The molecule has 0 aliphatic carbocycles. The topological polar surface area (TPSA) is 77.3 Å². The molecule has 3 rings (SSSR count). The Morgan fingerprint density at radius 2 is 1.96 bits per heavy atom. The molecule has 1 saturated heterocycles. The summed E-state index contributed by atoms with van der Waals surface area (Å²) in [6, 6.07) is 9.38. The summed E-state index contributed by atoms with van der Waals surface area (Å²) >= 11 is 0. The first-order valence-electron chi connectivity index (χ1n) is 7.78. The summed E-state index contributed by atoms with van der Waals surface area (Å²) < 4.78 is 18.7. The van der Waals surface area contributed by atoms with Crippen LogP contribution in [0.2, 0.25) is 0 Å². The lowest BCUT2D eigenvalue weighted by atomic mass is 9.74. The van der Waals surface area contributed by atoms with E-state index in [4.69, 9.17) is 4.74 Å². The zero-order valence-electron chi connectivity index (χ0n) is 13.1. The van der Waals surface area contributed by atoms with Crippen LogP contribution in [0.15, 0.2) is 42.6 Å². The third-order valence-corrected chi connectivity index (χ3v) is 4.48. The standard InChI is InChI=1S/C17H18FN3O3/c18-14-5-3-13(4-6-14)17(7-10-24-11-8-17)12-20-16-15(21(22)23)2-1-9-19-16/h1-6,9H,7-8,10-12H2,(H,19,20). The number of nitro groups is 1. The van der Waals surface area contributed by atoms with Gasteiger partial charge in [-0.15, -0.1) is 0 Å². The fourth-order valence-corrected chi connectivity index (χ4v) is 3.07. The van der Waals surface area contributed by atoms with Crippen molar-refractivity contribution >= 4 is 11.5 Å². The van der Waals surface area contributed by atoms with Crippen molar-refractivity contribution < 1.29 is 14.1 Å². The molecule has 0 bridgehead atoms. The van der Waals surface area contributed by atoms with E-state index in [0.29, 0.717) is 19.8 Å². The summed E-state index contributed by atoms with van der Waals surface area (Å²) in [5, 5.41) is 14.2. The van der Waals surface area contributed by atoms with Crippen LogP contribution in [0.3, 0.4) is 0 Å². The number of hydrogen-bond donors (Lipinski definition) is 1.